The Morgan fingerprint density at radius 1 is 0.944 bits per heavy atom. The first-order valence-corrected chi connectivity index (χ1v) is 7.49. The molecule has 0 amide bonds. The smallest absolute Gasteiger partial charge is 0.0600 e. The molecule has 3 rings (SSSR count). The Balaban J connectivity index is 1.79. The van der Waals surface area contributed by atoms with Gasteiger partial charge in [0, 0.05) is 13.1 Å². The van der Waals surface area contributed by atoms with Crippen molar-refractivity contribution in [3.05, 3.63) is 23.8 Å². The van der Waals surface area contributed by atoms with Crippen LogP contribution in [-0.2, 0) is 0 Å². The molecular weight excluding hydrogens is 220 g/mol. The Morgan fingerprint density at radius 3 is 2.33 bits per heavy atom. The van der Waals surface area contributed by atoms with Crippen molar-refractivity contribution in [1.82, 2.24) is 0 Å². The minimum Gasteiger partial charge on any atom is -0.397 e. The maximum atomic E-state index is 6.27. The molecule has 1 saturated heterocycles. The van der Waals surface area contributed by atoms with Gasteiger partial charge in [0.2, 0.25) is 0 Å². The van der Waals surface area contributed by atoms with Crippen LogP contribution in [0.1, 0.15) is 56.4 Å². The lowest BCUT2D eigenvalue weighted by atomic mass is 9.84. The van der Waals surface area contributed by atoms with Gasteiger partial charge in [0.1, 0.15) is 0 Å². The molecule has 1 saturated carbocycles. The van der Waals surface area contributed by atoms with Gasteiger partial charge in [-0.2, -0.15) is 0 Å². The molecule has 2 nitrogen and oxygen atoms in total. The number of anilines is 2. The molecule has 2 N–H and O–H groups in total. The Hall–Kier alpha value is -1.18. The molecule has 1 aromatic rings. The van der Waals surface area contributed by atoms with Crippen molar-refractivity contribution < 1.29 is 0 Å². The molecule has 1 aromatic carbocycles. The van der Waals surface area contributed by atoms with Crippen LogP contribution >= 0.6 is 0 Å². The zero-order chi connectivity index (χ0) is 12.4. The number of nitrogens with zero attached hydrogens (tertiary/aromatic N) is 1. The molecule has 1 aliphatic carbocycles. The summed E-state index contributed by atoms with van der Waals surface area (Å²) in [6.07, 6.45) is 9.51. The summed E-state index contributed by atoms with van der Waals surface area (Å²) in [7, 11) is 0. The van der Waals surface area contributed by atoms with Gasteiger partial charge in [-0.1, -0.05) is 25.3 Å². The fourth-order valence-electron chi connectivity index (χ4n) is 3.51. The third-order valence-corrected chi connectivity index (χ3v) is 4.57. The predicted octanol–water partition coefficient (Wildman–Crippen LogP) is 3.92. The maximum Gasteiger partial charge on any atom is 0.0600 e. The van der Waals surface area contributed by atoms with Crippen LogP contribution in [0.2, 0.25) is 0 Å². The van der Waals surface area contributed by atoms with Crippen molar-refractivity contribution >= 4 is 11.4 Å². The van der Waals surface area contributed by atoms with Gasteiger partial charge >= 0.3 is 0 Å². The summed E-state index contributed by atoms with van der Waals surface area (Å²) in [5.74, 6) is 0.758. The standard InChI is InChI=1S/C16H24N2/c17-15-12-14(13-6-2-1-3-7-13)8-9-16(15)18-10-4-5-11-18/h8-9,12-13H,1-7,10-11,17H2. The lowest BCUT2D eigenvalue weighted by molar-refractivity contribution is 0.444. The van der Waals surface area contributed by atoms with Gasteiger partial charge in [-0.05, 0) is 49.3 Å². The number of nitrogen functional groups attached to an aromatic ring is 1. The highest BCUT2D eigenvalue weighted by atomic mass is 15.1. The fraction of sp³-hybridized carbons (Fsp3) is 0.625. The van der Waals surface area contributed by atoms with E-state index in [-0.39, 0.29) is 0 Å². The van der Waals surface area contributed by atoms with Crippen LogP contribution in [0.3, 0.4) is 0 Å². The quantitative estimate of drug-likeness (QED) is 0.799. The Kier molecular flexibility index (Phi) is 3.44. The largest absolute Gasteiger partial charge is 0.397 e. The first kappa shape index (κ1) is 11.9. The van der Waals surface area contributed by atoms with Crippen molar-refractivity contribution in [3.8, 4) is 0 Å². The molecule has 2 fully saturated rings. The van der Waals surface area contributed by atoms with Gasteiger partial charge in [-0.25, -0.2) is 0 Å². The normalized spacial score (nSPS) is 21.4. The van der Waals surface area contributed by atoms with Gasteiger partial charge in [-0.3, -0.25) is 0 Å². The molecule has 0 spiro atoms. The summed E-state index contributed by atoms with van der Waals surface area (Å²) in [4.78, 5) is 2.43. The lowest BCUT2D eigenvalue weighted by Gasteiger charge is -2.25. The van der Waals surface area contributed by atoms with Crippen LogP contribution in [0.5, 0.6) is 0 Å². The van der Waals surface area contributed by atoms with Crippen LogP contribution in [0.25, 0.3) is 0 Å². The Bertz CT molecular complexity index is 402. The second-order valence-corrected chi connectivity index (χ2v) is 5.85. The van der Waals surface area contributed by atoms with Crippen molar-refractivity contribution in [2.75, 3.05) is 23.7 Å². The van der Waals surface area contributed by atoms with Crippen LogP contribution < -0.4 is 10.6 Å². The van der Waals surface area contributed by atoms with Crippen LogP contribution in [-0.4, -0.2) is 13.1 Å². The average Bonchev–Trinajstić information content (AvgIpc) is 2.93. The summed E-state index contributed by atoms with van der Waals surface area (Å²) < 4.78 is 0. The first-order chi connectivity index (χ1) is 8.84. The number of benzene rings is 1. The fourth-order valence-corrected chi connectivity index (χ4v) is 3.51. The summed E-state index contributed by atoms with van der Waals surface area (Å²) >= 11 is 0. The number of nitrogens with two attached hydrogens (primary N) is 1. The highest BCUT2D eigenvalue weighted by molar-refractivity contribution is 5.69. The molecule has 18 heavy (non-hydrogen) atoms. The molecule has 2 aliphatic rings. The van der Waals surface area contributed by atoms with E-state index in [0.717, 1.165) is 11.6 Å². The monoisotopic (exact) mass is 244 g/mol. The zero-order valence-electron chi connectivity index (χ0n) is 11.2. The van der Waals surface area contributed by atoms with Crippen LogP contribution in [0.15, 0.2) is 18.2 Å². The second kappa shape index (κ2) is 5.21. The van der Waals surface area contributed by atoms with E-state index in [9.17, 15) is 0 Å². The molecule has 0 atom stereocenters. The number of hydrogen-bond donors (Lipinski definition) is 1. The molecule has 1 heterocycles. The molecule has 0 radical (unpaired) electrons. The van der Waals surface area contributed by atoms with E-state index >= 15 is 0 Å². The summed E-state index contributed by atoms with van der Waals surface area (Å²) in [5, 5.41) is 0. The zero-order valence-corrected chi connectivity index (χ0v) is 11.2. The van der Waals surface area contributed by atoms with E-state index in [0.29, 0.717) is 0 Å². The topological polar surface area (TPSA) is 29.3 Å². The van der Waals surface area contributed by atoms with Crippen molar-refractivity contribution in [2.24, 2.45) is 0 Å². The molecule has 0 aromatic heterocycles. The maximum absolute atomic E-state index is 6.27. The SMILES string of the molecule is Nc1cc(C2CCCCC2)ccc1N1CCCC1. The molecule has 0 unspecified atom stereocenters. The van der Waals surface area contributed by atoms with E-state index in [2.05, 4.69) is 23.1 Å². The van der Waals surface area contributed by atoms with Gasteiger partial charge in [-0.15, -0.1) is 0 Å². The predicted molar refractivity (Wildman–Crippen MR) is 78.1 cm³/mol. The van der Waals surface area contributed by atoms with Gasteiger partial charge in [0.05, 0.1) is 11.4 Å². The lowest BCUT2D eigenvalue weighted by Crippen LogP contribution is -2.19. The molecule has 98 valence electrons. The van der Waals surface area contributed by atoms with Gasteiger partial charge in [0.15, 0.2) is 0 Å². The summed E-state index contributed by atoms with van der Waals surface area (Å²) in [5.41, 5.74) is 9.98. The number of rotatable bonds is 2. The molecule has 1 aliphatic heterocycles. The highest BCUT2D eigenvalue weighted by Gasteiger charge is 2.18. The first-order valence-electron chi connectivity index (χ1n) is 7.49. The molecular formula is C16H24N2. The van der Waals surface area contributed by atoms with Gasteiger partial charge < -0.3 is 10.6 Å². The summed E-state index contributed by atoms with van der Waals surface area (Å²) in [6, 6.07) is 6.81. The Labute approximate surface area is 110 Å². The van der Waals surface area contributed by atoms with Crippen molar-refractivity contribution in [1.29, 1.82) is 0 Å². The van der Waals surface area contributed by atoms with Crippen LogP contribution in [0, 0.1) is 0 Å². The second-order valence-electron chi connectivity index (χ2n) is 5.85. The molecule has 2 heteroatoms. The van der Waals surface area contributed by atoms with E-state index in [4.69, 9.17) is 5.73 Å². The van der Waals surface area contributed by atoms with Crippen molar-refractivity contribution in [2.45, 2.75) is 50.9 Å². The highest BCUT2D eigenvalue weighted by Crippen LogP contribution is 2.36. The number of hydrogen-bond acceptors (Lipinski definition) is 2. The minimum atomic E-state index is 0.758. The van der Waals surface area contributed by atoms with E-state index < -0.39 is 0 Å². The van der Waals surface area contributed by atoms with E-state index in [1.807, 2.05) is 0 Å². The summed E-state index contributed by atoms with van der Waals surface area (Å²) in [6.45, 7) is 2.35. The van der Waals surface area contributed by atoms with E-state index in [1.54, 1.807) is 0 Å². The average molecular weight is 244 g/mol. The van der Waals surface area contributed by atoms with Gasteiger partial charge in [0.25, 0.3) is 0 Å². The third-order valence-electron chi connectivity index (χ3n) is 4.57. The Morgan fingerprint density at radius 2 is 1.67 bits per heavy atom. The third kappa shape index (κ3) is 2.33. The molecule has 0 bridgehead atoms. The van der Waals surface area contributed by atoms with Crippen LogP contribution in [0.4, 0.5) is 11.4 Å². The van der Waals surface area contributed by atoms with Crippen molar-refractivity contribution in [3.63, 3.8) is 0 Å². The minimum absolute atomic E-state index is 0.758. The van der Waals surface area contributed by atoms with E-state index in [1.165, 1.54) is 69.3 Å².